The number of ether oxygens (including phenoxy) is 2. The summed E-state index contributed by atoms with van der Waals surface area (Å²) in [5.41, 5.74) is 3.49. The van der Waals surface area contributed by atoms with Crippen LogP contribution in [-0.2, 0) is 11.2 Å². The first-order valence-electron chi connectivity index (χ1n) is 10.9. The molecule has 3 heterocycles. The summed E-state index contributed by atoms with van der Waals surface area (Å²) in [5.74, 6) is 1.65. The van der Waals surface area contributed by atoms with Crippen molar-refractivity contribution >= 4 is 17.4 Å². The number of aromatic nitrogens is 2. The van der Waals surface area contributed by atoms with Crippen LogP contribution in [0.1, 0.15) is 35.5 Å². The van der Waals surface area contributed by atoms with Gasteiger partial charge in [-0.05, 0) is 51.0 Å². The summed E-state index contributed by atoms with van der Waals surface area (Å²) in [6.45, 7) is 9.63. The smallest absolute Gasteiger partial charge is 0.255 e. The van der Waals surface area contributed by atoms with Gasteiger partial charge in [-0.2, -0.15) is 0 Å². The van der Waals surface area contributed by atoms with E-state index in [1.807, 2.05) is 61.7 Å². The molecule has 7 heteroatoms. The average molecular weight is 423 g/mol. The minimum absolute atomic E-state index is 0.103. The minimum atomic E-state index is -0.103. The number of nitrogens with zero attached hydrogens (tertiary/aromatic N) is 3. The molecule has 1 aromatic carbocycles. The second kappa shape index (κ2) is 9.39. The fourth-order valence-corrected chi connectivity index (χ4v) is 3.77. The summed E-state index contributed by atoms with van der Waals surface area (Å²) in [7, 11) is 0. The molecule has 7 nitrogen and oxygen atoms in total. The van der Waals surface area contributed by atoms with Crippen LogP contribution in [0, 0.1) is 6.92 Å². The van der Waals surface area contributed by atoms with Crippen LogP contribution >= 0.6 is 0 Å². The van der Waals surface area contributed by atoms with Crippen LogP contribution in [0.15, 0.2) is 42.6 Å². The predicted octanol–water partition coefficient (Wildman–Crippen LogP) is 3.24. The van der Waals surface area contributed by atoms with Crippen molar-refractivity contribution in [3.63, 3.8) is 0 Å². The maximum absolute atomic E-state index is 12.9. The summed E-state index contributed by atoms with van der Waals surface area (Å²) >= 11 is 0. The van der Waals surface area contributed by atoms with E-state index in [9.17, 15) is 4.79 Å². The van der Waals surface area contributed by atoms with Gasteiger partial charge in [-0.3, -0.25) is 4.79 Å². The van der Waals surface area contributed by atoms with Crippen LogP contribution in [-0.4, -0.2) is 54.2 Å². The summed E-state index contributed by atoms with van der Waals surface area (Å²) in [4.78, 5) is 19.9. The van der Waals surface area contributed by atoms with Crippen molar-refractivity contribution in [3.8, 4) is 5.75 Å². The number of carbonyl (C=O) groups is 1. The Labute approximate surface area is 183 Å². The van der Waals surface area contributed by atoms with Crippen LogP contribution in [0.3, 0.4) is 0 Å². The highest BCUT2D eigenvalue weighted by Crippen LogP contribution is 2.20. The summed E-state index contributed by atoms with van der Waals surface area (Å²) in [6.07, 6.45) is 2.82. The van der Waals surface area contributed by atoms with E-state index < -0.39 is 0 Å². The van der Waals surface area contributed by atoms with Crippen molar-refractivity contribution in [2.45, 2.75) is 33.3 Å². The topological polar surface area (TPSA) is 68.1 Å². The van der Waals surface area contributed by atoms with Crippen molar-refractivity contribution in [2.24, 2.45) is 0 Å². The third kappa shape index (κ3) is 4.99. The zero-order valence-corrected chi connectivity index (χ0v) is 18.4. The summed E-state index contributed by atoms with van der Waals surface area (Å²) < 4.78 is 13.1. The molecule has 0 atom stereocenters. The second-order valence-electron chi connectivity index (χ2n) is 8.09. The van der Waals surface area contributed by atoms with E-state index in [1.165, 1.54) is 0 Å². The summed E-state index contributed by atoms with van der Waals surface area (Å²) in [6, 6.07) is 11.9. The Balaban J connectivity index is 1.42. The van der Waals surface area contributed by atoms with Crippen molar-refractivity contribution < 1.29 is 14.3 Å². The number of hydrogen-bond donors (Lipinski definition) is 1. The maximum atomic E-state index is 12.9. The summed E-state index contributed by atoms with van der Waals surface area (Å²) in [5, 5.41) is 3.03. The van der Waals surface area contributed by atoms with Crippen LogP contribution in [0.25, 0.3) is 5.65 Å². The van der Waals surface area contributed by atoms with Gasteiger partial charge in [0.1, 0.15) is 11.6 Å². The quantitative estimate of drug-likeness (QED) is 0.633. The molecule has 3 aromatic rings. The number of aryl methyl sites for hydroxylation is 1. The molecule has 0 unspecified atom stereocenters. The van der Waals surface area contributed by atoms with Crippen LogP contribution in [0.2, 0.25) is 0 Å². The Morgan fingerprint density at radius 2 is 1.94 bits per heavy atom. The molecule has 0 bridgehead atoms. The van der Waals surface area contributed by atoms with E-state index in [-0.39, 0.29) is 12.0 Å². The van der Waals surface area contributed by atoms with E-state index in [0.29, 0.717) is 31.0 Å². The van der Waals surface area contributed by atoms with Gasteiger partial charge in [-0.25, -0.2) is 4.98 Å². The average Bonchev–Trinajstić information content (AvgIpc) is 3.20. The number of nitrogens with one attached hydrogen (secondary N) is 1. The van der Waals surface area contributed by atoms with Crippen LogP contribution in [0.5, 0.6) is 5.75 Å². The number of hydrogen-bond acceptors (Lipinski definition) is 5. The second-order valence-corrected chi connectivity index (χ2v) is 8.09. The van der Waals surface area contributed by atoms with Crippen molar-refractivity contribution in [3.05, 3.63) is 59.4 Å². The Kier molecular flexibility index (Phi) is 6.42. The number of benzene rings is 1. The van der Waals surface area contributed by atoms with Gasteiger partial charge in [-0.15, -0.1) is 0 Å². The molecule has 31 heavy (non-hydrogen) atoms. The van der Waals surface area contributed by atoms with E-state index in [4.69, 9.17) is 14.5 Å². The van der Waals surface area contributed by atoms with Gasteiger partial charge in [0.05, 0.1) is 24.9 Å². The Morgan fingerprint density at radius 3 is 2.65 bits per heavy atom. The fraction of sp³-hybridized carbons (Fsp3) is 0.417. The van der Waals surface area contributed by atoms with Crippen molar-refractivity contribution in [1.29, 1.82) is 0 Å². The lowest BCUT2D eigenvalue weighted by Gasteiger charge is -2.28. The zero-order valence-electron chi connectivity index (χ0n) is 18.4. The first-order chi connectivity index (χ1) is 15.0. The molecule has 0 saturated carbocycles. The number of anilines is 1. The largest absolute Gasteiger partial charge is 0.491 e. The van der Waals surface area contributed by atoms with E-state index >= 15 is 0 Å². The predicted molar refractivity (Wildman–Crippen MR) is 121 cm³/mol. The molecular formula is C24H30N4O3. The Bertz CT molecular complexity index is 1040. The van der Waals surface area contributed by atoms with Crippen molar-refractivity contribution in [2.75, 3.05) is 37.7 Å². The first kappa shape index (κ1) is 21.2. The number of rotatable bonds is 7. The number of morpholine rings is 1. The van der Waals surface area contributed by atoms with Gasteiger partial charge in [0.25, 0.3) is 5.91 Å². The van der Waals surface area contributed by atoms with Crippen LogP contribution < -0.4 is 15.0 Å². The highest BCUT2D eigenvalue weighted by atomic mass is 16.5. The molecule has 1 N–H and O–H groups in total. The Hall–Kier alpha value is -3.06. The fourth-order valence-electron chi connectivity index (χ4n) is 3.77. The third-order valence-electron chi connectivity index (χ3n) is 5.37. The number of amides is 1. The molecule has 164 valence electrons. The van der Waals surface area contributed by atoms with Gasteiger partial charge in [-0.1, -0.05) is 12.1 Å². The van der Waals surface area contributed by atoms with Crippen molar-refractivity contribution in [1.82, 2.24) is 14.7 Å². The lowest BCUT2D eigenvalue weighted by molar-refractivity contribution is 0.0955. The van der Waals surface area contributed by atoms with Gasteiger partial charge < -0.3 is 24.1 Å². The number of fused-ring (bicyclic) bond motifs is 1. The van der Waals surface area contributed by atoms with E-state index in [2.05, 4.69) is 16.3 Å². The highest BCUT2D eigenvalue weighted by molar-refractivity contribution is 6.00. The van der Waals surface area contributed by atoms with E-state index in [1.54, 1.807) is 0 Å². The number of carbonyl (C=O) groups excluding carboxylic acids is 1. The van der Waals surface area contributed by atoms with Gasteiger partial charge in [0.15, 0.2) is 5.65 Å². The van der Waals surface area contributed by atoms with E-state index in [0.717, 1.165) is 42.3 Å². The van der Waals surface area contributed by atoms with Crippen LogP contribution in [0.4, 0.5) is 5.82 Å². The molecule has 4 rings (SSSR count). The lowest BCUT2D eigenvalue weighted by Crippen LogP contribution is -2.37. The molecular weight excluding hydrogens is 392 g/mol. The highest BCUT2D eigenvalue weighted by Gasteiger charge is 2.18. The van der Waals surface area contributed by atoms with Gasteiger partial charge >= 0.3 is 0 Å². The van der Waals surface area contributed by atoms with Gasteiger partial charge in [0, 0.05) is 37.6 Å². The SMILES string of the molecule is Cc1cc(N2CCOCC2)nc2c(C(=O)NCCc3ccc(OC(C)C)cc3)ccn12. The molecule has 0 spiro atoms. The first-order valence-corrected chi connectivity index (χ1v) is 10.9. The molecule has 1 saturated heterocycles. The lowest BCUT2D eigenvalue weighted by atomic mass is 10.1. The monoisotopic (exact) mass is 422 g/mol. The minimum Gasteiger partial charge on any atom is -0.491 e. The molecule has 1 fully saturated rings. The third-order valence-corrected chi connectivity index (χ3v) is 5.37. The molecule has 0 radical (unpaired) electrons. The molecule has 1 amide bonds. The molecule has 1 aliphatic rings. The molecule has 1 aliphatic heterocycles. The Morgan fingerprint density at radius 1 is 1.19 bits per heavy atom. The molecule has 2 aromatic heterocycles. The maximum Gasteiger partial charge on any atom is 0.255 e. The standard InChI is InChI=1S/C24H30N4O3/c1-17(2)31-20-6-4-19(5-7-20)8-10-25-24(29)21-9-11-28-18(3)16-22(26-23(21)28)27-12-14-30-15-13-27/h4-7,9,11,16-17H,8,10,12-15H2,1-3H3,(H,25,29). The molecule has 0 aliphatic carbocycles. The van der Waals surface area contributed by atoms with Gasteiger partial charge in [0.2, 0.25) is 0 Å². The zero-order chi connectivity index (χ0) is 21.8. The normalized spacial score (nSPS) is 14.3.